The molecule has 0 spiro atoms. The van der Waals surface area contributed by atoms with Gasteiger partial charge in [-0.05, 0) is 24.1 Å². The van der Waals surface area contributed by atoms with Gasteiger partial charge in [0, 0.05) is 13.1 Å². The standard InChI is InChI=1S/C12H12F3N3O2/c13-12(14,15)9-2-1-8(16)10(17-9)7-3-5-18(6-4-7)11(19)20/h1-3H,4-6,16H2,(H,19,20). The maximum absolute atomic E-state index is 12.6. The lowest BCUT2D eigenvalue weighted by Gasteiger charge is -2.24. The fourth-order valence-corrected chi connectivity index (χ4v) is 1.94. The van der Waals surface area contributed by atoms with Crippen LogP contribution >= 0.6 is 0 Å². The molecule has 2 rings (SSSR count). The summed E-state index contributed by atoms with van der Waals surface area (Å²) in [5.41, 5.74) is 5.40. The molecular formula is C12H12F3N3O2. The second-order valence-electron chi connectivity index (χ2n) is 4.34. The molecule has 3 N–H and O–H groups in total. The van der Waals surface area contributed by atoms with E-state index in [1.807, 2.05) is 0 Å². The first-order valence-electron chi connectivity index (χ1n) is 5.80. The van der Waals surface area contributed by atoms with Gasteiger partial charge in [-0.2, -0.15) is 13.2 Å². The van der Waals surface area contributed by atoms with Crippen LogP contribution in [0.25, 0.3) is 5.57 Å². The molecule has 0 saturated carbocycles. The van der Waals surface area contributed by atoms with Crippen LogP contribution in [0.3, 0.4) is 0 Å². The molecule has 0 fully saturated rings. The van der Waals surface area contributed by atoms with E-state index in [-0.39, 0.29) is 30.9 Å². The molecule has 1 aliphatic rings. The van der Waals surface area contributed by atoms with E-state index in [9.17, 15) is 18.0 Å². The van der Waals surface area contributed by atoms with Crippen molar-refractivity contribution in [2.45, 2.75) is 12.6 Å². The van der Waals surface area contributed by atoms with Crippen molar-refractivity contribution in [2.75, 3.05) is 18.8 Å². The van der Waals surface area contributed by atoms with Crippen LogP contribution in [0.1, 0.15) is 17.8 Å². The molecule has 0 aliphatic carbocycles. The largest absolute Gasteiger partial charge is 0.465 e. The normalized spacial score (nSPS) is 15.9. The number of halogens is 3. The van der Waals surface area contributed by atoms with Crippen molar-refractivity contribution in [2.24, 2.45) is 0 Å². The lowest BCUT2D eigenvalue weighted by Crippen LogP contribution is -2.33. The summed E-state index contributed by atoms with van der Waals surface area (Å²) < 4.78 is 37.9. The van der Waals surface area contributed by atoms with Gasteiger partial charge in [-0.3, -0.25) is 0 Å². The molecule has 0 bridgehead atoms. The maximum atomic E-state index is 12.6. The Morgan fingerprint density at radius 3 is 2.60 bits per heavy atom. The number of pyridine rings is 1. The maximum Gasteiger partial charge on any atom is 0.433 e. The lowest BCUT2D eigenvalue weighted by molar-refractivity contribution is -0.141. The lowest BCUT2D eigenvalue weighted by atomic mass is 10.0. The van der Waals surface area contributed by atoms with Crippen molar-refractivity contribution >= 4 is 17.4 Å². The number of anilines is 1. The third-order valence-corrected chi connectivity index (χ3v) is 3.00. The van der Waals surface area contributed by atoms with E-state index in [0.717, 1.165) is 17.0 Å². The molecule has 1 amide bonds. The molecule has 0 atom stereocenters. The summed E-state index contributed by atoms with van der Waals surface area (Å²) in [7, 11) is 0. The first-order chi connectivity index (χ1) is 9.29. The summed E-state index contributed by atoms with van der Waals surface area (Å²) in [5, 5.41) is 8.81. The fraction of sp³-hybridized carbons (Fsp3) is 0.333. The second kappa shape index (κ2) is 5.03. The monoisotopic (exact) mass is 287 g/mol. The van der Waals surface area contributed by atoms with Crippen molar-refractivity contribution in [3.63, 3.8) is 0 Å². The third kappa shape index (κ3) is 2.84. The molecule has 1 aromatic rings. The quantitative estimate of drug-likeness (QED) is 0.831. The molecule has 0 saturated heterocycles. The van der Waals surface area contributed by atoms with Crippen LogP contribution in [-0.4, -0.2) is 34.2 Å². The van der Waals surface area contributed by atoms with Crippen molar-refractivity contribution in [1.29, 1.82) is 0 Å². The summed E-state index contributed by atoms with van der Waals surface area (Å²) in [6.45, 7) is 0.320. The Bertz CT molecular complexity index is 570. The highest BCUT2D eigenvalue weighted by molar-refractivity contribution is 5.75. The number of carboxylic acid groups (broad SMARTS) is 1. The molecule has 0 radical (unpaired) electrons. The van der Waals surface area contributed by atoms with Gasteiger partial charge in [0.15, 0.2) is 0 Å². The molecule has 5 nitrogen and oxygen atoms in total. The highest BCUT2D eigenvalue weighted by Crippen LogP contribution is 2.32. The number of nitrogens with zero attached hydrogens (tertiary/aromatic N) is 2. The zero-order chi connectivity index (χ0) is 14.9. The Morgan fingerprint density at radius 2 is 2.10 bits per heavy atom. The van der Waals surface area contributed by atoms with Crippen molar-refractivity contribution < 1.29 is 23.1 Å². The van der Waals surface area contributed by atoms with E-state index in [2.05, 4.69) is 4.98 Å². The van der Waals surface area contributed by atoms with Gasteiger partial charge in [-0.25, -0.2) is 9.78 Å². The van der Waals surface area contributed by atoms with Crippen LogP contribution in [0.5, 0.6) is 0 Å². The average Bonchev–Trinajstić information content (AvgIpc) is 2.38. The van der Waals surface area contributed by atoms with Crippen LogP contribution in [-0.2, 0) is 6.18 Å². The van der Waals surface area contributed by atoms with Crippen molar-refractivity contribution in [3.05, 3.63) is 29.6 Å². The highest BCUT2D eigenvalue weighted by Gasteiger charge is 2.33. The highest BCUT2D eigenvalue weighted by atomic mass is 19.4. The van der Waals surface area contributed by atoms with Crippen LogP contribution < -0.4 is 5.73 Å². The molecule has 0 aromatic carbocycles. The summed E-state index contributed by atoms with van der Waals surface area (Å²) in [4.78, 5) is 15.5. The number of hydrogen-bond donors (Lipinski definition) is 2. The van der Waals surface area contributed by atoms with Gasteiger partial charge in [0.1, 0.15) is 5.69 Å². The Balaban J connectivity index is 2.32. The van der Waals surface area contributed by atoms with Gasteiger partial charge >= 0.3 is 12.3 Å². The third-order valence-electron chi connectivity index (χ3n) is 3.00. The van der Waals surface area contributed by atoms with E-state index in [1.54, 1.807) is 0 Å². The van der Waals surface area contributed by atoms with Crippen LogP contribution in [0, 0.1) is 0 Å². The zero-order valence-electron chi connectivity index (χ0n) is 10.3. The Kier molecular flexibility index (Phi) is 3.56. The van der Waals surface area contributed by atoms with Gasteiger partial charge < -0.3 is 15.7 Å². The minimum absolute atomic E-state index is 0.0739. The number of carbonyl (C=O) groups is 1. The number of nitrogen functional groups attached to an aromatic ring is 1. The second-order valence-corrected chi connectivity index (χ2v) is 4.34. The summed E-state index contributed by atoms with van der Waals surface area (Å²) >= 11 is 0. The fourth-order valence-electron chi connectivity index (χ4n) is 1.94. The molecule has 1 aliphatic heterocycles. The molecule has 0 unspecified atom stereocenters. The Hall–Kier alpha value is -2.25. The molecule has 20 heavy (non-hydrogen) atoms. The van der Waals surface area contributed by atoms with E-state index >= 15 is 0 Å². The number of aromatic nitrogens is 1. The minimum atomic E-state index is -4.54. The number of hydrogen-bond acceptors (Lipinski definition) is 3. The predicted molar refractivity (Wildman–Crippen MR) is 65.8 cm³/mol. The van der Waals surface area contributed by atoms with E-state index in [1.165, 1.54) is 6.08 Å². The molecular weight excluding hydrogens is 275 g/mol. The van der Waals surface area contributed by atoms with Crippen LogP contribution in [0.15, 0.2) is 18.2 Å². The van der Waals surface area contributed by atoms with Crippen molar-refractivity contribution in [3.8, 4) is 0 Å². The Labute approximate surface area is 112 Å². The Morgan fingerprint density at radius 1 is 1.40 bits per heavy atom. The SMILES string of the molecule is Nc1ccc(C(F)(F)F)nc1C1=CCN(C(=O)O)CC1. The number of alkyl halides is 3. The van der Waals surface area contributed by atoms with Gasteiger partial charge in [0.2, 0.25) is 0 Å². The number of nitrogens with two attached hydrogens (primary N) is 1. The first kappa shape index (κ1) is 14.2. The average molecular weight is 287 g/mol. The smallest absolute Gasteiger partial charge is 0.433 e. The molecule has 2 heterocycles. The van der Waals surface area contributed by atoms with E-state index < -0.39 is 18.0 Å². The van der Waals surface area contributed by atoms with Gasteiger partial charge in [0.05, 0.1) is 11.4 Å². The summed E-state index contributed by atoms with van der Waals surface area (Å²) in [5.74, 6) is 0. The predicted octanol–water partition coefficient (Wildman–Crippen LogP) is 2.45. The zero-order valence-corrected chi connectivity index (χ0v) is 10.3. The first-order valence-corrected chi connectivity index (χ1v) is 5.80. The van der Waals surface area contributed by atoms with Gasteiger partial charge in [-0.15, -0.1) is 0 Å². The molecule has 108 valence electrons. The summed E-state index contributed by atoms with van der Waals surface area (Å²) in [6.07, 6.45) is -3.78. The number of amides is 1. The molecule has 8 heteroatoms. The topological polar surface area (TPSA) is 79.5 Å². The van der Waals surface area contributed by atoms with E-state index in [4.69, 9.17) is 10.8 Å². The summed E-state index contributed by atoms with van der Waals surface area (Å²) in [6, 6.07) is 1.99. The van der Waals surface area contributed by atoms with Crippen LogP contribution in [0.4, 0.5) is 23.7 Å². The minimum Gasteiger partial charge on any atom is -0.465 e. The molecule has 1 aromatic heterocycles. The van der Waals surface area contributed by atoms with Crippen molar-refractivity contribution in [1.82, 2.24) is 9.88 Å². The van der Waals surface area contributed by atoms with E-state index in [0.29, 0.717) is 5.57 Å². The van der Waals surface area contributed by atoms with Gasteiger partial charge in [-0.1, -0.05) is 6.08 Å². The van der Waals surface area contributed by atoms with Gasteiger partial charge in [0.25, 0.3) is 0 Å². The number of rotatable bonds is 1. The van der Waals surface area contributed by atoms with Crippen LogP contribution in [0.2, 0.25) is 0 Å².